The second-order valence-electron chi connectivity index (χ2n) is 4.19. The van der Waals surface area contributed by atoms with Crippen LogP contribution in [0.1, 0.15) is 37.3 Å². The Kier molecular flexibility index (Phi) is 5.88. The quantitative estimate of drug-likeness (QED) is 0.589. The Morgan fingerprint density at radius 1 is 1.19 bits per heavy atom. The molecule has 0 aliphatic carbocycles. The summed E-state index contributed by atoms with van der Waals surface area (Å²) < 4.78 is 0. The van der Waals surface area contributed by atoms with Gasteiger partial charge in [-0.1, -0.05) is 44.0 Å². The molecule has 0 aromatic heterocycles. The van der Waals surface area contributed by atoms with Crippen LogP contribution in [0.25, 0.3) is 6.08 Å². The van der Waals surface area contributed by atoms with Crippen LogP contribution in [0, 0.1) is 0 Å². The van der Waals surface area contributed by atoms with Crippen molar-refractivity contribution in [3.8, 4) is 0 Å². The summed E-state index contributed by atoms with van der Waals surface area (Å²) in [4.78, 5) is 2.41. The molecule has 2 rings (SSSR count). The fraction of sp³-hybridized carbons (Fsp3) is 0.429. The molecule has 1 aliphatic heterocycles. The topological polar surface area (TPSA) is 3.24 Å². The van der Waals surface area contributed by atoms with Crippen molar-refractivity contribution in [1.29, 1.82) is 0 Å². The van der Waals surface area contributed by atoms with E-state index in [0.717, 1.165) is 6.54 Å². The largest absolute Gasteiger partial charge is 0.373 e. The van der Waals surface area contributed by atoms with E-state index in [1.54, 1.807) is 0 Å². The van der Waals surface area contributed by atoms with Crippen molar-refractivity contribution >= 4 is 30.1 Å². The number of unbranched alkanes of at least 4 members (excludes halogenated alkanes) is 2. The summed E-state index contributed by atoms with van der Waals surface area (Å²) in [5, 5.41) is 0. The molecule has 0 saturated carbocycles. The van der Waals surface area contributed by atoms with Crippen molar-refractivity contribution in [2.45, 2.75) is 32.7 Å². The SMILES string of the molecule is CCCCCN1C=Cc2ccccc2C1.I. The van der Waals surface area contributed by atoms with Crippen LogP contribution in [-0.4, -0.2) is 11.4 Å². The molecule has 16 heavy (non-hydrogen) atoms. The van der Waals surface area contributed by atoms with Crippen LogP contribution in [0.5, 0.6) is 0 Å². The second kappa shape index (κ2) is 6.94. The first kappa shape index (κ1) is 13.6. The van der Waals surface area contributed by atoms with Crippen LogP contribution in [0.2, 0.25) is 0 Å². The van der Waals surface area contributed by atoms with E-state index >= 15 is 0 Å². The van der Waals surface area contributed by atoms with E-state index in [1.807, 2.05) is 0 Å². The fourth-order valence-corrected chi connectivity index (χ4v) is 2.02. The number of hydrogen-bond acceptors (Lipinski definition) is 1. The fourth-order valence-electron chi connectivity index (χ4n) is 2.02. The molecule has 0 spiro atoms. The molecule has 2 heteroatoms. The minimum atomic E-state index is 0. The van der Waals surface area contributed by atoms with Gasteiger partial charge in [-0.15, -0.1) is 24.0 Å². The Morgan fingerprint density at radius 2 is 2.00 bits per heavy atom. The van der Waals surface area contributed by atoms with E-state index < -0.39 is 0 Å². The maximum absolute atomic E-state index is 2.41. The van der Waals surface area contributed by atoms with E-state index in [-0.39, 0.29) is 24.0 Å². The number of benzene rings is 1. The van der Waals surface area contributed by atoms with E-state index in [0.29, 0.717) is 0 Å². The number of hydrogen-bond donors (Lipinski definition) is 0. The highest BCUT2D eigenvalue weighted by Crippen LogP contribution is 2.19. The molecule has 0 atom stereocenters. The molecule has 1 aromatic carbocycles. The smallest absolute Gasteiger partial charge is 0.0429 e. The molecule has 1 nitrogen and oxygen atoms in total. The van der Waals surface area contributed by atoms with Crippen LogP contribution in [-0.2, 0) is 6.54 Å². The van der Waals surface area contributed by atoms with Gasteiger partial charge in [0.15, 0.2) is 0 Å². The normalized spacial score (nSPS) is 13.2. The molecule has 1 aromatic rings. The summed E-state index contributed by atoms with van der Waals surface area (Å²) in [5.41, 5.74) is 2.83. The average Bonchev–Trinajstić information content (AvgIpc) is 2.29. The van der Waals surface area contributed by atoms with Crippen molar-refractivity contribution in [3.05, 3.63) is 41.6 Å². The van der Waals surface area contributed by atoms with Gasteiger partial charge in [-0.3, -0.25) is 0 Å². The Bertz CT molecular complexity index is 346. The van der Waals surface area contributed by atoms with Crippen LogP contribution < -0.4 is 0 Å². The van der Waals surface area contributed by atoms with Crippen LogP contribution in [0.3, 0.4) is 0 Å². The van der Waals surface area contributed by atoms with Crippen molar-refractivity contribution in [2.75, 3.05) is 6.54 Å². The average molecular weight is 329 g/mol. The second-order valence-corrected chi connectivity index (χ2v) is 4.19. The molecule has 1 heterocycles. The van der Waals surface area contributed by atoms with Crippen molar-refractivity contribution < 1.29 is 0 Å². The van der Waals surface area contributed by atoms with E-state index in [2.05, 4.69) is 48.4 Å². The summed E-state index contributed by atoms with van der Waals surface area (Å²) in [6.45, 7) is 4.52. The standard InChI is InChI=1S/C14H19N.HI/c1-2-3-6-10-15-11-9-13-7-4-5-8-14(13)12-15;/h4-5,7-9,11H,2-3,6,10,12H2,1H3;1H. The molecular formula is C14H20IN. The molecule has 0 amide bonds. The van der Waals surface area contributed by atoms with Crippen molar-refractivity contribution in [3.63, 3.8) is 0 Å². The number of nitrogens with zero attached hydrogens (tertiary/aromatic N) is 1. The van der Waals surface area contributed by atoms with Crippen LogP contribution in [0.15, 0.2) is 30.5 Å². The maximum atomic E-state index is 2.41. The van der Waals surface area contributed by atoms with Gasteiger partial charge in [-0.2, -0.15) is 0 Å². The van der Waals surface area contributed by atoms with E-state index in [1.165, 1.54) is 36.9 Å². The number of rotatable bonds is 4. The van der Waals surface area contributed by atoms with E-state index in [4.69, 9.17) is 0 Å². The molecule has 0 bridgehead atoms. The summed E-state index contributed by atoms with van der Waals surface area (Å²) >= 11 is 0. The monoisotopic (exact) mass is 329 g/mol. The number of halogens is 1. The first-order valence-corrected chi connectivity index (χ1v) is 5.90. The van der Waals surface area contributed by atoms with Crippen LogP contribution >= 0.6 is 24.0 Å². The third kappa shape index (κ3) is 3.51. The lowest BCUT2D eigenvalue weighted by Gasteiger charge is -2.25. The third-order valence-corrected chi connectivity index (χ3v) is 2.94. The highest BCUT2D eigenvalue weighted by Gasteiger charge is 2.08. The predicted molar refractivity (Wildman–Crippen MR) is 80.8 cm³/mol. The highest BCUT2D eigenvalue weighted by atomic mass is 127. The van der Waals surface area contributed by atoms with E-state index in [9.17, 15) is 0 Å². The lowest BCUT2D eigenvalue weighted by atomic mass is 10.0. The molecule has 0 saturated heterocycles. The van der Waals surface area contributed by atoms with Crippen molar-refractivity contribution in [2.24, 2.45) is 0 Å². The third-order valence-electron chi connectivity index (χ3n) is 2.94. The summed E-state index contributed by atoms with van der Waals surface area (Å²) in [6, 6.07) is 8.65. The zero-order valence-electron chi connectivity index (χ0n) is 9.86. The lowest BCUT2D eigenvalue weighted by molar-refractivity contribution is 0.355. The lowest BCUT2D eigenvalue weighted by Crippen LogP contribution is -2.20. The maximum Gasteiger partial charge on any atom is 0.0429 e. The predicted octanol–water partition coefficient (Wildman–Crippen LogP) is 4.28. The Balaban J connectivity index is 0.00000128. The zero-order chi connectivity index (χ0) is 10.5. The molecule has 0 unspecified atom stereocenters. The Labute approximate surface area is 116 Å². The first-order valence-electron chi connectivity index (χ1n) is 5.90. The Morgan fingerprint density at radius 3 is 2.81 bits per heavy atom. The van der Waals surface area contributed by atoms with Gasteiger partial charge in [0, 0.05) is 13.1 Å². The summed E-state index contributed by atoms with van der Waals surface area (Å²) in [7, 11) is 0. The van der Waals surface area contributed by atoms with Gasteiger partial charge < -0.3 is 4.90 Å². The van der Waals surface area contributed by atoms with Gasteiger partial charge >= 0.3 is 0 Å². The molecule has 0 N–H and O–H groups in total. The molecule has 0 fully saturated rings. The van der Waals surface area contributed by atoms with Gasteiger partial charge in [0.2, 0.25) is 0 Å². The number of fused-ring (bicyclic) bond motifs is 1. The highest BCUT2D eigenvalue weighted by molar-refractivity contribution is 14.0. The van der Waals surface area contributed by atoms with Gasteiger partial charge in [-0.05, 0) is 29.8 Å². The first-order chi connectivity index (χ1) is 7.40. The molecule has 0 radical (unpaired) electrons. The van der Waals surface area contributed by atoms with Gasteiger partial charge in [-0.25, -0.2) is 0 Å². The molecule has 1 aliphatic rings. The van der Waals surface area contributed by atoms with Gasteiger partial charge in [0.25, 0.3) is 0 Å². The molecular weight excluding hydrogens is 309 g/mol. The summed E-state index contributed by atoms with van der Waals surface area (Å²) in [6.07, 6.45) is 8.41. The van der Waals surface area contributed by atoms with Crippen LogP contribution in [0.4, 0.5) is 0 Å². The molecule has 88 valence electrons. The minimum absolute atomic E-state index is 0. The Hall–Kier alpha value is -0.510. The van der Waals surface area contributed by atoms with Gasteiger partial charge in [0.05, 0.1) is 0 Å². The van der Waals surface area contributed by atoms with Crippen molar-refractivity contribution in [1.82, 2.24) is 4.90 Å². The van der Waals surface area contributed by atoms with Gasteiger partial charge in [0.1, 0.15) is 0 Å². The zero-order valence-corrected chi connectivity index (χ0v) is 12.2. The summed E-state index contributed by atoms with van der Waals surface area (Å²) in [5.74, 6) is 0. The minimum Gasteiger partial charge on any atom is -0.373 e.